The Hall–Kier alpha value is -5.62. The highest BCUT2D eigenvalue weighted by molar-refractivity contribution is 5.88. The first-order valence-electron chi connectivity index (χ1n) is 21.5. The highest BCUT2D eigenvalue weighted by Gasteiger charge is 2.22. The van der Waals surface area contributed by atoms with Crippen LogP contribution in [0.15, 0.2) is 128 Å². The van der Waals surface area contributed by atoms with Crippen LogP contribution in [-0.2, 0) is 27.1 Å². The lowest BCUT2D eigenvalue weighted by Crippen LogP contribution is -2.13. The molecule has 0 saturated heterocycles. The third-order valence-electron chi connectivity index (χ3n) is 10.4. The zero-order chi connectivity index (χ0) is 46.8. The molecule has 0 spiro atoms. The van der Waals surface area contributed by atoms with Gasteiger partial charge in [-0.05, 0) is 115 Å². The van der Waals surface area contributed by atoms with Crippen molar-refractivity contribution < 1.29 is 19.7 Å². The first-order chi connectivity index (χ1) is 28.5. The molecule has 6 heteroatoms. The number of H-pyrrole nitrogens is 1. The number of halogens is 1. The number of hydrogen-bond donors (Lipinski definition) is 4. The fourth-order valence-electron chi connectivity index (χ4n) is 7.15. The minimum Gasteiger partial charge on any atom is -0.508 e. The van der Waals surface area contributed by atoms with E-state index in [4.69, 9.17) is 0 Å². The number of nitrogens with zero attached hydrogens (tertiary/aromatic N) is 1. The van der Waals surface area contributed by atoms with Crippen molar-refractivity contribution in [3.63, 3.8) is 0 Å². The van der Waals surface area contributed by atoms with Crippen LogP contribution in [0.5, 0.6) is 17.2 Å². The van der Waals surface area contributed by atoms with Gasteiger partial charge in [-0.2, -0.15) is 5.10 Å². The van der Waals surface area contributed by atoms with Gasteiger partial charge in [0, 0.05) is 10.9 Å². The Morgan fingerprint density at radius 2 is 0.955 bits per heavy atom. The van der Waals surface area contributed by atoms with Gasteiger partial charge in [-0.1, -0.05) is 220 Å². The maximum absolute atomic E-state index is 13.2. The van der Waals surface area contributed by atoms with E-state index >= 15 is 0 Å². The quantitative estimate of drug-likeness (QED) is 0.122. The van der Waals surface area contributed by atoms with Crippen molar-refractivity contribution in [3.8, 4) is 17.2 Å². The van der Waals surface area contributed by atoms with Gasteiger partial charge in [0.25, 0.3) is 0 Å². The predicted molar refractivity (Wildman–Crippen MR) is 296 cm³/mol. The number of aryl methyl sites for hydroxylation is 1. The van der Waals surface area contributed by atoms with E-state index in [1.54, 1.807) is 6.07 Å². The van der Waals surface area contributed by atoms with Gasteiger partial charge in [-0.3, -0.25) is 5.10 Å². The second-order valence-electron chi connectivity index (χ2n) is 21.1. The predicted octanol–water partition coefficient (Wildman–Crippen LogP) is 18.7. The number of hydrogen-bond acceptors (Lipinski definition) is 4. The lowest BCUT2D eigenvalue weighted by atomic mass is 9.83. The Balaban J connectivity index is -0.000000754. The molecule has 7 rings (SSSR count). The third kappa shape index (κ3) is 19.6. The molecule has 0 fully saturated rings. The minimum absolute atomic E-state index is 0. The molecular weight excluding hydrogens is 828 g/mol. The second-order valence-corrected chi connectivity index (χ2v) is 21.1. The molecule has 5 nitrogen and oxygen atoms in total. The van der Waals surface area contributed by atoms with Crippen LogP contribution in [0, 0.1) is 12.7 Å². The van der Waals surface area contributed by atoms with E-state index in [-0.39, 0.29) is 70.4 Å². The summed E-state index contributed by atoms with van der Waals surface area (Å²) in [6, 6.07) is 38.6. The van der Waals surface area contributed by atoms with Crippen LogP contribution in [0.3, 0.4) is 0 Å². The molecule has 0 atom stereocenters. The monoisotopic (exact) mass is 921 g/mol. The summed E-state index contributed by atoms with van der Waals surface area (Å²) >= 11 is 0. The van der Waals surface area contributed by atoms with E-state index < -0.39 is 0 Å². The van der Waals surface area contributed by atoms with Crippen molar-refractivity contribution in [2.45, 2.75) is 175 Å². The van der Waals surface area contributed by atoms with Crippen molar-refractivity contribution in [2.75, 3.05) is 0 Å². The molecule has 0 aliphatic carbocycles. The fourth-order valence-corrected chi connectivity index (χ4v) is 7.15. The molecule has 0 amide bonds. The van der Waals surface area contributed by atoms with Crippen LogP contribution in [0.25, 0.3) is 21.7 Å². The lowest BCUT2D eigenvalue weighted by Gasteiger charge is -2.21. The molecule has 0 aliphatic heterocycles. The Morgan fingerprint density at radius 1 is 0.448 bits per heavy atom. The van der Waals surface area contributed by atoms with Crippen molar-refractivity contribution in [3.05, 3.63) is 167 Å². The summed E-state index contributed by atoms with van der Waals surface area (Å²) in [6.07, 6.45) is 1.90. The van der Waals surface area contributed by atoms with Crippen LogP contribution in [-0.4, -0.2) is 25.5 Å². The van der Waals surface area contributed by atoms with Gasteiger partial charge in [-0.25, -0.2) is 4.39 Å². The van der Waals surface area contributed by atoms with Crippen LogP contribution in [0.2, 0.25) is 0 Å². The fraction of sp³-hybridized carbons (Fsp3) is 0.426. The molecule has 0 unspecified atom stereocenters. The van der Waals surface area contributed by atoms with E-state index in [0.29, 0.717) is 22.5 Å². The highest BCUT2D eigenvalue weighted by Crippen LogP contribution is 2.34. The van der Waals surface area contributed by atoms with Crippen molar-refractivity contribution in [1.29, 1.82) is 0 Å². The summed E-state index contributed by atoms with van der Waals surface area (Å²) in [7, 11) is 0. The number of aromatic nitrogens is 2. The molecule has 0 bridgehead atoms. The van der Waals surface area contributed by atoms with Gasteiger partial charge in [0.05, 0.1) is 11.7 Å². The van der Waals surface area contributed by atoms with Gasteiger partial charge < -0.3 is 15.3 Å². The Kier molecular flexibility index (Phi) is 26.1. The lowest BCUT2D eigenvalue weighted by molar-refractivity contribution is 0.429. The van der Waals surface area contributed by atoms with Crippen LogP contribution in [0.1, 0.15) is 174 Å². The highest BCUT2D eigenvalue weighted by atomic mass is 19.1. The van der Waals surface area contributed by atoms with Crippen molar-refractivity contribution >= 4 is 21.7 Å². The number of fused-ring (bicyclic) bond motifs is 2. The summed E-state index contributed by atoms with van der Waals surface area (Å²) < 4.78 is 13.2. The first-order valence-corrected chi connectivity index (χ1v) is 21.5. The van der Waals surface area contributed by atoms with Gasteiger partial charge in [-0.15, -0.1) is 0 Å². The van der Waals surface area contributed by atoms with E-state index in [9.17, 15) is 19.7 Å². The Labute approximate surface area is 409 Å². The van der Waals surface area contributed by atoms with Gasteiger partial charge in [0.15, 0.2) is 0 Å². The SMILES string of the molecule is C.C.C.C.C.CC(C)(C)c1c(O)cccc1F.CC(C)(C)c1cc(O)cc2ccccc12.CC(C)(C)c1cccc2[nH]ncc12.CC(C)(C)c1ccccc1.Cc1ccc(O)cc1C(C)(C)C. The molecule has 372 valence electrons. The largest absolute Gasteiger partial charge is 0.508 e. The van der Waals surface area contributed by atoms with Crippen LogP contribution >= 0.6 is 0 Å². The summed E-state index contributed by atoms with van der Waals surface area (Å²) in [5.41, 5.74) is 8.17. The number of phenolic OH excluding ortho intramolecular Hbond substituents is 3. The average molecular weight is 921 g/mol. The topological polar surface area (TPSA) is 89.4 Å². The summed E-state index contributed by atoms with van der Waals surface area (Å²) in [5.74, 6) is 0.383. The van der Waals surface area contributed by atoms with Crippen molar-refractivity contribution in [2.24, 2.45) is 0 Å². The van der Waals surface area contributed by atoms with E-state index in [0.717, 1.165) is 10.9 Å². The van der Waals surface area contributed by atoms with E-state index in [1.807, 2.05) is 69.4 Å². The molecule has 0 saturated carbocycles. The number of benzene rings is 6. The Morgan fingerprint density at radius 3 is 1.42 bits per heavy atom. The Bertz CT molecular complexity index is 2460. The standard InChI is InChI=1S/C14H16O.C11H14N2.C11H16O.C10H13FO.C10H14.5CH4/c1-14(2,3)13-9-11(15)8-10-6-4-5-7-12(10)13;1-11(2,3)9-5-4-6-10-8(9)7-12-13-10;1-8-5-6-9(12)7-10(8)11(2,3)4;1-10(2,3)9-7(11)5-4-6-8(9)12;1-10(2,3)9-7-5-4-6-8-9;;;;;/h4-9,15H,1-3H3;4-7H,1-3H3,(H,12,13);5-7,12H,1-4H3;4-6,12H,1-3H3;4-8H,1-3H3;5*1H4. The maximum Gasteiger partial charge on any atom is 0.130 e. The first kappa shape index (κ1) is 65.7. The van der Waals surface area contributed by atoms with E-state index in [2.05, 4.69) is 155 Å². The van der Waals surface area contributed by atoms with Gasteiger partial charge in [0.2, 0.25) is 0 Å². The van der Waals surface area contributed by atoms with E-state index in [1.165, 1.54) is 56.8 Å². The summed E-state index contributed by atoms with van der Waals surface area (Å²) in [6.45, 7) is 33.9. The summed E-state index contributed by atoms with van der Waals surface area (Å²) in [4.78, 5) is 0. The number of nitrogens with one attached hydrogen (secondary N) is 1. The van der Waals surface area contributed by atoms with Crippen LogP contribution in [0.4, 0.5) is 4.39 Å². The molecule has 1 aromatic heterocycles. The minimum atomic E-state index is -0.352. The van der Waals surface area contributed by atoms with Gasteiger partial charge >= 0.3 is 0 Å². The molecule has 0 aliphatic rings. The third-order valence-corrected chi connectivity index (χ3v) is 10.4. The average Bonchev–Trinajstić information content (AvgIpc) is 3.64. The molecule has 67 heavy (non-hydrogen) atoms. The zero-order valence-corrected chi connectivity index (χ0v) is 40.3. The zero-order valence-electron chi connectivity index (χ0n) is 40.3. The molecule has 0 radical (unpaired) electrons. The number of aromatic amines is 1. The second kappa shape index (κ2) is 26.6. The van der Waals surface area contributed by atoms with Crippen molar-refractivity contribution in [1.82, 2.24) is 10.2 Å². The normalized spacial score (nSPS) is 10.9. The number of phenols is 3. The maximum atomic E-state index is 13.2. The number of aromatic hydroxyl groups is 3. The summed E-state index contributed by atoms with van der Waals surface area (Å²) in [5, 5.41) is 39.0. The van der Waals surface area contributed by atoms with Gasteiger partial charge in [0.1, 0.15) is 23.1 Å². The van der Waals surface area contributed by atoms with Crippen LogP contribution < -0.4 is 0 Å². The molecule has 1 heterocycles. The molecule has 6 aromatic carbocycles. The molecule has 4 N–H and O–H groups in total. The number of rotatable bonds is 0. The molecular formula is C61H93FN2O3. The molecule has 7 aromatic rings. The smallest absolute Gasteiger partial charge is 0.130 e.